The van der Waals surface area contributed by atoms with E-state index in [0.29, 0.717) is 38.4 Å². The molecule has 1 fully saturated rings. The van der Waals surface area contributed by atoms with Gasteiger partial charge in [0.2, 0.25) is 10.0 Å². The van der Waals surface area contributed by atoms with Crippen LogP contribution in [-0.2, 0) is 22.2 Å². The average Bonchev–Trinajstić information content (AvgIpc) is 3.20. The molecular weight excluding hydrogens is 505 g/mol. The number of halogens is 1. The molecule has 1 N–H and O–H groups in total. The van der Waals surface area contributed by atoms with E-state index in [0.717, 1.165) is 18.9 Å². The third-order valence-electron chi connectivity index (χ3n) is 4.59. The summed E-state index contributed by atoms with van der Waals surface area (Å²) in [5.74, 6) is 0.710. The Morgan fingerprint density at radius 2 is 1.90 bits per heavy atom. The average molecular weight is 533 g/mol. The summed E-state index contributed by atoms with van der Waals surface area (Å²) in [5.41, 5.74) is 1.68. The van der Waals surface area contributed by atoms with Crippen LogP contribution in [0.15, 0.2) is 52.2 Å². The maximum absolute atomic E-state index is 12.6. The molecule has 2 heterocycles. The van der Waals surface area contributed by atoms with Crippen molar-refractivity contribution in [2.24, 2.45) is 4.99 Å². The lowest BCUT2D eigenvalue weighted by Crippen LogP contribution is -2.54. The number of piperazine rings is 1. The Morgan fingerprint density at radius 3 is 2.52 bits per heavy atom. The smallest absolute Gasteiger partial charge is 0.220 e. The van der Waals surface area contributed by atoms with E-state index in [9.17, 15) is 8.42 Å². The highest BCUT2D eigenvalue weighted by Crippen LogP contribution is 2.13. The van der Waals surface area contributed by atoms with E-state index < -0.39 is 10.0 Å². The SMILES string of the molecule is CCNC(=NCCc1ccccc1)N1CCN(S(=O)(=O)Cc2ccon2)CC1.I. The summed E-state index contributed by atoms with van der Waals surface area (Å²) in [5, 5.41) is 7.02. The van der Waals surface area contributed by atoms with Crippen molar-refractivity contribution in [2.45, 2.75) is 19.1 Å². The fourth-order valence-corrected chi connectivity index (χ4v) is 4.55. The summed E-state index contributed by atoms with van der Waals surface area (Å²) in [6.45, 7) is 5.58. The highest BCUT2D eigenvalue weighted by atomic mass is 127. The third-order valence-corrected chi connectivity index (χ3v) is 6.41. The van der Waals surface area contributed by atoms with Crippen LogP contribution in [0.2, 0.25) is 0 Å². The van der Waals surface area contributed by atoms with Crippen molar-refractivity contribution in [3.05, 3.63) is 53.9 Å². The van der Waals surface area contributed by atoms with Crippen LogP contribution < -0.4 is 5.32 Å². The number of guanidine groups is 1. The monoisotopic (exact) mass is 533 g/mol. The quantitative estimate of drug-likeness (QED) is 0.333. The Kier molecular flexibility index (Phi) is 9.37. The van der Waals surface area contributed by atoms with Crippen LogP contribution in [0, 0.1) is 0 Å². The Hall–Kier alpha value is -1.66. The number of nitrogens with one attached hydrogen (secondary N) is 1. The largest absolute Gasteiger partial charge is 0.364 e. The zero-order valence-electron chi connectivity index (χ0n) is 16.5. The maximum atomic E-state index is 12.6. The van der Waals surface area contributed by atoms with E-state index in [1.807, 2.05) is 25.1 Å². The molecular formula is C19H28IN5O3S. The Labute approximate surface area is 189 Å². The first-order valence-corrected chi connectivity index (χ1v) is 11.1. The first-order chi connectivity index (χ1) is 13.6. The Morgan fingerprint density at radius 1 is 1.17 bits per heavy atom. The lowest BCUT2D eigenvalue weighted by molar-refractivity contribution is 0.260. The van der Waals surface area contributed by atoms with Crippen LogP contribution in [0.1, 0.15) is 18.2 Å². The molecule has 29 heavy (non-hydrogen) atoms. The fraction of sp³-hybridized carbons (Fsp3) is 0.474. The summed E-state index contributed by atoms with van der Waals surface area (Å²) >= 11 is 0. The number of rotatable bonds is 7. The molecule has 0 amide bonds. The molecule has 0 atom stereocenters. The van der Waals surface area contributed by atoms with Gasteiger partial charge in [0, 0.05) is 45.3 Å². The fourth-order valence-electron chi connectivity index (χ4n) is 3.13. The third kappa shape index (κ3) is 6.96. The van der Waals surface area contributed by atoms with Crippen molar-refractivity contribution in [2.75, 3.05) is 39.3 Å². The van der Waals surface area contributed by atoms with Crippen molar-refractivity contribution < 1.29 is 12.9 Å². The first kappa shape index (κ1) is 23.6. The minimum atomic E-state index is -3.40. The van der Waals surface area contributed by atoms with Crippen LogP contribution in [0.3, 0.4) is 0 Å². The summed E-state index contributed by atoms with van der Waals surface area (Å²) < 4.78 is 31.4. The summed E-state index contributed by atoms with van der Waals surface area (Å²) in [6, 6.07) is 11.8. The molecule has 1 aliphatic rings. The van der Waals surface area contributed by atoms with Crippen LogP contribution >= 0.6 is 24.0 Å². The van der Waals surface area contributed by atoms with Crippen molar-refractivity contribution in [1.29, 1.82) is 0 Å². The van der Waals surface area contributed by atoms with Gasteiger partial charge in [-0.05, 0) is 18.9 Å². The van der Waals surface area contributed by atoms with E-state index in [2.05, 4.69) is 27.5 Å². The highest BCUT2D eigenvalue weighted by Gasteiger charge is 2.28. The van der Waals surface area contributed by atoms with Gasteiger partial charge in [-0.1, -0.05) is 35.5 Å². The molecule has 0 bridgehead atoms. The van der Waals surface area contributed by atoms with E-state index >= 15 is 0 Å². The van der Waals surface area contributed by atoms with Gasteiger partial charge in [-0.25, -0.2) is 8.42 Å². The molecule has 1 aromatic carbocycles. The van der Waals surface area contributed by atoms with Crippen LogP contribution in [0.25, 0.3) is 0 Å². The van der Waals surface area contributed by atoms with Crippen LogP contribution in [0.5, 0.6) is 0 Å². The van der Waals surface area contributed by atoms with Gasteiger partial charge < -0.3 is 14.7 Å². The molecule has 8 nitrogen and oxygen atoms in total. The predicted octanol–water partition coefficient (Wildman–Crippen LogP) is 1.95. The Balaban J connectivity index is 0.00000300. The molecule has 0 radical (unpaired) electrons. The molecule has 0 unspecified atom stereocenters. The second kappa shape index (κ2) is 11.5. The number of hydrogen-bond donors (Lipinski definition) is 1. The van der Waals surface area contributed by atoms with Gasteiger partial charge in [0.15, 0.2) is 5.96 Å². The van der Waals surface area contributed by atoms with Crippen molar-refractivity contribution in [3.63, 3.8) is 0 Å². The summed E-state index contributed by atoms with van der Waals surface area (Å²) in [4.78, 5) is 6.84. The predicted molar refractivity (Wildman–Crippen MR) is 124 cm³/mol. The number of aromatic nitrogens is 1. The Bertz CT molecular complexity index is 851. The second-order valence-electron chi connectivity index (χ2n) is 6.60. The molecule has 1 aliphatic heterocycles. The number of nitrogens with zero attached hydrogens (tertiary/aromatic N) is 4. The highest BCUT2D eigenvalue weighted by molar-refractivity contribution is 14.0. The van der Waals surface area contributed by atoms with Gasteiger partial charge in [-0.15, -0.1) is 24.0 Å². The van der Waals surface area contributed by atoms with E-state index in [4.69, 9.17) is 9.52 Å². The van der Waals surface area contributed by atoms with E-state index in [1.54, 1.807) is 6.07 Å². The minimum absolute atomic E-state index is 0. The molecule has 160 valence electrons. The minimum Gasteiger partial charge on any atom is -0.364 e. The van der Waals surface area contributed by atoms with Gasteiger partial charge in [0.1, 0.15) is 12.0 Å². The molecule has 0 spiro atoms. The van der Waals surface area contributed by atoms with Crippen LogP contribution in [0.4, 0.5) is 0 Å². The van der Waals surface area contributed by atoms with Crippen molar-refractivity contribution in [3.8, 4) is 0 Å². The summed E-state index contributed by atoms with van der Waals surface area (Å²) in [6.07, 6.45) is 2.26. The number of hydrogen-bond acceptors (Lipinski definition) is 5. The number of sulfonamides is 1. The van der Waals surface area contributed by atoms with Gasteiger partial charge in [0.25, 0.3) is 0 Å². The maximum Gasteiger partial charge on any atom is 0.220 e. The molecule has 0 saturated carbocycles. The van der Waals surface area contributed by atoms with Crippen molar-refractivity contribution in [1.82, 2.24) is 19.7 Å². The first-order valence-electron chi connectivity index (χ1n) is 9.53. The summed E-state index contributed by atoms with van der Waals surface area (Å²) in [7, 11) is -3.40. The zero-order chi connectivity index (χ0) is 19.8. The molecule has 3 rings (SSSR count). The molecule has 0 aliphatic carbocycles. The van der Waals surface area contributed by atoms with Crippen molar-refractivity contribution >= 4 is 40.0 Å². The van der Waals surface area contributed by atoms with E-state index in [1.165, 1.54) is 16.1 Å². The second-order valence-corrected chi connectivity index (χ2v) is 8.57. The van der Waals surface area contributed by atoms with Gasteiger partial charge in [0.05, 0.1) is 5.69 Å². The lowest BCUT2D eigenvalue weighted by atomic mass is 10.2. The van der Waals surface area contributed by atoms with E-state index in [-0.39, 0.29) is 29.7 Å². The van der Waals surface area contributed by atoms with Gasteiger partial charge in [-0.3, -0.25) is 4.99 Å². The van der Waals surface area contributed by atoms with Crippen LogP contribution in [-0.4, -0.2) is 68.0 Å². The lowest BCUT2D eigenvalue weighted by Gasteiger charge is -2.35. The number of aliphatic imine (C=N–C) groups is 1. The molecule has 2 aromatic rings. The topological polar surface area (TPSA) is 91.0 Å². The standard InChI is InChI=1S/C19H27N5O3S.HI/c1-2-20-19(21-10-8-17-6-4-3-5-7-17)23-11-13-24(14-12-23)28(25,26)16-18-9-15-27-22-18;/h3-7,9,15H,2,8,10-14,16H2,1H3,(H,20,21);1H. The number of benzene rings is 1. The van der Waals surface area contributed by atoms with Gasteiger partial charge in [-0.2, -0.15) is 4.31 Å². The van der Waals surface area contributed by atoms with Gasteiger partial charge >= 0.3 is 0 Å². The normalized spacial score (nSPS) is 15.8. The zero-order valence-corrected chi connectivity index (χ0v) is 19.7. The molecule has 1 aromatic heterocycles. The molecule has 10 heteroatoms. The molecule has 1 saturated heterocycles.